The molecule has 1 N–H and O–H groups in total. The summed E-state index contributed by atoms with van der Waals surface area (Å²) >= 11 is 0. The molecule has 0 bridgehead atoms. The summed E-state index contributed by atoms with van der Waals surface area (Å²) in [6.07, 6.45) is 9.99. The number of nitrogens with zero attached hydrogens (tertiary/aromatic N) is 1. The highest BCUT2D eigenvalue weighted by Gasteiger charge is 2.30. The average molecular weight is 238 g/mol. The fraction of sp³-hybridized carbons (Fsp3) is 1.00. The van der Waals surface area contributed by atoms with Crippen molar-refractivity contribution in [3.05, 3.63) is 0 Å². The minimum atomic E-state index is 0.781. The van der Waals surface area contributed by atoms with Crippen molar-refractivity contribution in [2.24, 2.45) is 11.8 Å². The lowest BCUT2D eigenvalue weighted by molar-refractivity contribution is 0.153. The Kier molecular flexibility index (Phi) is 5.30. The first-order valence-corrected chi connectivity index (χ1v) is 7.73. The minimum Gasteiger partial charge on any atom is -0.317 e. The monoisotopic (exact) mass is 238 g/mol. The van der Waals surface area contributed by atoms with Crippen LogP contribution in [0.15, 0.2) is 0 Å². The van der Waals surface area contributed by atoms with Gasteiger partial charge in [0, 0.05) is 12.6 Å². The molecule has 1 aliphatic heterocycles. The van der Waals surface area contributed by atoms with Crippen LogP contribution in [0, 0.1) is 11.8 Å². The highest BCUT2D eigenvalue weighted by atomic mass is 15.1. The molecule has 17 heavy (non-hydrogen) atoms. The smallest absolute Gasteiger partial charge is 0.0105 e. The standard InChI is InChI=1S/C15H30N2/c1-3-6-13-7-8-15(16-2)14(11-13)12-17-9-4-5-10-17/h13-16H,3-12H2,1-2H3. The largest absolute Gasteiger partial charge is 0.317 e. The fourth-order valence-corrected chi connectivity index (χ4v) is 3.91. The third-order valence-electron chi connectivity index (χ3n) is 4.85. The molecule has 0 radical (unpaired) electrons. The molecule has 0 aromatic heterocycles. The Morgan fingerprint density at radius 2 is 1.94 bits per heavy atom. The van der Waals surface area contributed by atoms with Gasteiger partial charge in [-0.05, 0) is 64.1 Å². The molecule has 2 heteroatoms. The SMILES string of the molecule is CCCC1CCC(NC)C(CN2CCCC2)C1. The van der Waals surface area contributed by atoms with E-state index in [9.17, 15) is 0 Å². The van der Waals surface area contributed by atoms with E-state index in [0.717, 1.165) is 17.9 Å². The molecule has 1 saturated heterocycles. The topological polar surface area (TPSA) is 15.3 Å². The highest BCUT2D eigenvalue weighted by molar-refractivity contribution is 4.86. The van der Waals surface area contributed by atoms with Crippen molar-refractivity contribution in [3.8, 4) is 0 Å². The summed E-state index contributed by atoms with van der Waals surface area (Å²) in [5.74, 6) is 1.92. The molecular weight excluding hydrogens is 208 g/mol. The lowest BCUT2D eigenvalue weighted by Crippen LogP contribution is -2.44. The summed E-state index contributed by atoms with van der Waals surface area (Å²) in [5.41, 5.74) is 0. The lowest BCUT2D eigenvalue weighted by Gasteiger charge is -2.38. The van der Waals surface area contributed by atoms with Crippen LogP contribution in [-0.2, 0) is 0 Å². The molecule has 2 aliphatic rings. The summed E-state index contributed by atoms with van der Waals surface area (Å²) in [7, 11) is 2.15. The van der Waals surface area contributed by atoms with Crippen LogP contribution < -0.4 is 5.32 Å². The number of hydrogen-bond acceptors (Lipinski definition) is 2. The van der Waals surface area contributed by atoms with Crippen molar-refractivity contribution in [1.82, 2.24) is 10.2 Å². The molecule has 3 atom stereocenters. The van der Waals surface area contributed by atoms with E-state index in [1.165, 1.54) is 64.6 Å². The van der Waals surface area contributed by atoms with Gasteiger partial charge in [-0.1, -0.05) is 19.8 Å². The van der Waals surface area contributed by atoms with Gasteiger partial charge in [0.15, 0.2) is 0 Å². The van der Waals surface area contributed by atoms with E-state index < -0.39 is 0 Å². The minimum absolute atomic E-state index is 0.781. The maximum atomic E-state index is 3.56. The Hall–Kier alpha value is -0.0800. The maximum Gasteiger partial charge on any atom is 0.0105 e. The van der Waals surface area contributed by atoms with Gasteiger partial charge in [0.1, 0.15) is 0 Å². The van der Waals surface area contributed by atoms with E-state index >= 15 is 0 Å². The van der Waals surface area contributed by atoms with Gasteiger partial charge in [-0.3, -0.25) is 0 Å². The van der Waals surface area contributed by atoms with Crippen molar-refractivity contribution >= 4 is 0 Å². The van der Waals surface area contributed by atoms with Crippen LogP contribution in [0.2, 0.25) is 0 Å². The van der Waals surface area contributed by atoms with Crippen LogP contribution in [0.4, 0.5) is 0 Å². The van der Waals surface area contributed by atoms with E-state index in [1.54, 1.807) is 0 Å². The van der Waals surface area contributed by atoms with E-state index in [2.05, 4.69) is 24.2 Å². The van der Waals surface area contributed by atoms with Gasteiger partial charge in [-0.25, -0.2) is 0 Å². The van der Waals surface area contributed by atoms with Gasteiger partial charge < -0.3 is 10.2 Å². The molecule has 0 spiro atoms. The quantitative estimate of drug-likeness (QED) is 0.792. The Bertz CT molecular complexity index is 211. The molecule has 2 rings (SSSR count). The van der Waals surface area contributed by atoms with Crippen molar-refractivity contribution in [2.75, 3.05) is 26.7 Å². The van der Waals surface area contributed by atoms with Crippen LogP contribution in [0.3, 0.4) is 0 Å². The Labute approximate surface area is 107 Å². The molecule has 0 aromatic carbocycles. The Morgan fingerprint density at radius 3 is 2.59 bits per heavy atom. The fourth-order valence-electron chi connectivity index (χ4n) is 3.91. The first-order valence-electron chi connectivity index (χ1n) is 7.73. The molecule has 1 aliphatic carbocycles. The van der Waals surface area contributed by atoms with Crippen molar-refractivity contribution in [3.63, 3.8) is 0 Å². The summed E-state index contributed by atoms with van der Waals surface area (Å²) in [6.45, 7) is 6.39. The zero-order valence-electron chi connectivity index (χ0n) is 11.8. The molecule has 0 amide bonds. The third-order valence-corrected chi connectivity index (χ3v) is 4.85. The molecule has 2 nitrogen and oxygen atoms in total. The molecule has 2 fully saturated rings. The van der Waals surface area contributed by atoms with E-state index in [0.29, 0.717) is 0 Å². The number of hydrogen-bond donors (Lipinski definition) is 1. The zero-order chi connectivity index (χ0) is 12.1. The van der Waals surface area contributed by atoms with E-state index in [-0.39, 0.29) is 0 Å². The molecule has 3 unspecified atom stereocenters. The molecule has 1 heterocycles. The molecule has 1 saturated carbocycles. The highest BCUT2D eigenvalue weighted by Crippen LogP contribution is 2.33. The average Bonchev–Trinajstić information content (AvgIpc) is 2.83. The maximum absolute atomic E-state index is 3.56. The summed E-state index contributed by atoms with van der Waals surface area (Å²) in [4.78, 5) is 2.70. The Balaban J connectivity index is 1.85. The van der Waals surface area contributed by atoms with Crippen molar-refractivity contribution in [1.29, 1.82) is 0 Å². The first kappa shape index (κ1) is 13.4. The molecular formula is C15H30N2. The van der Waals surface area contributed by atoms with Crippen LogP contribution in [0.1, 0.15) is 51.9 Å². The zero-order valence-corrected chi connectivity index (χ0v) is 11.8. The van der Waals surface area contributed by atoms with Crippen LogP contribution in [0.5, 0.6) is 0 Å². The second kappa shape index (κ2) is 6.75. The van der Waals surface area contributed by atoms with Crippen molar-refractivity contribution in [2.45, 2.75) is 57.9 Å². The third kappa shape index (κ3) is 3.69. The van der Waals surface area contributed by atoms with Gasteiger partial charge in [-0.15, -0.1) is 0 Å². The van der Waals surface area contributed by atoms with Crippen LogP contribution >= 0.6 is 0 Å². The predicted molar refractivity (Wildman–Crippen MR) is 74.3 cm³/mol. The predicted octanol–water partition coefficient (Wildman–Crippen LogP) is 2.89. The number of nitrogens with one attached hydrogen (secondary N) is 1. The van der Waals surface area contributed by atoms with Crippen LogP contribution in [0.25, 0.3) is 0 Å². The van der Waals surface area contributed by atoms with Gasteiger partial charge in [0.25, 0.3) is 0 Å². The van der Waals surface area contributed by atoms with Crippen LogP contribution in [-0.4, -0.2) is 37.6 Å². The normalized spacial score (nSPS) is 35.3. The molecule has 100 valence electrons. The molecule has 0 aromatic rings. The first-order chi connectivity index (χ1) is 8.33. The lowest BCUT2D eigenvalue weighted by atomic mass is 9.76. The van der Waals surface area contributed by atoms with Gasteiger partial charge in [-0.2, -0.15) is 0 Å². The van der Waals surface area contributed by atoms with Gasteiger partial charge in [0.2, 0.25) is 0 Å². The number of rotatable bonds is 5. The van der Waals surface area contributed by atoms with Gasteiger partial charge >= 0.3 is 0 Å². The number of likely N-dealkylation sites (tertiary alicyclic amines) is 1. The second-order valence-corrected chi connectivity index (χ2v) is 6.13. The van der Waals surface area contributed by atoms with E-state index in [4.69, 9.17) is 0 Å². The summed E-state index contributed by atoms with van der Waals surface area (Å²) in [6, 6.07) is 0.781. The summed E-state index contributed by atoms with van der Waals surface area (Å²) < 4.78 is 0. The summed E-state index contributed by atoms with van der Waals surface area (Å²) in [5, 5.41) is 3.56. The van der Waals surface area contributed by atoms with Gasteiger partial charge in [0.05, 0.1) is 0 Å². The second-order valence-electron chi connectivity index (χ2n) is 6.13. The van der Waals surface area contributed by atoms with Crippen molar-refractivity contribution < 1.29 is 0 Å². The Morgan fingerprint density at radius 1 is 1.18 bits per heavy atom. The van der Waals surface area contributed by atoms with E-state index in [1.807, 2.05) is 0 Å².